The zero-order valence-electron chi connectivity index (χ0n) is 5.34. The summed E-state index contributed by atoms with van der Waals surface area (Å²) in [5.74, 6) is 0. The SMILES string of the molecule is CN=C(C)SC(=N)C=O. The van der Waals surface area contributed by atoms with Crippen LogP contribution in [0.25, 0.3) is 0 Å². The van der Waals surface area contributed by atoms with E-state index in [1.165, 1.54) is 0 Å². The Kier molecular flexibility index (Phi) is 3.96. The molecule has 0 atom stereocenters. The first-order valence-corrected chi connectivity index (χ1v) is 3.17. The Hall–Kier alpha value is -0.640. The van der Waals surface area contributed by atoms with Crippen LogP contribution in [-0.2, 0) is 4.79 Å². The van der Waals surface area contributed by atoms with E-state index >= 15 is 0 Å². The molecule has 0 spiro atoms. The van der Waals surface area contributed by atoms with E-state index in [2.05, 4.69) is 4.99 Å². The van der Waals surface area contributed by atoms with Gasteiger partial charge in [-0.25, -0.2) is 0 Å². The molecule has 3 nitrogen and oxygen atoms in total. The van der Waals surface area contributed by atoms with Crippen LogP contribution in [0.3, 0.4) is 0 Å². The highest BCUT2D eigenvalue weighted by Gasteiger charge is 1.95. The van der Waals surface area contributed by atoms with Crippen LogP contribution in [0.15, 0.2) is 4.99 Å². The summed E-state index contributed by atoms with van der Waals surface area (Å²) < 4.78 is 0. The van der Waals surface area contributed by atoms with Gasteiger partial charge in [0.1, 0.15) is 5.04 Å². The highest BCUT2D eigenvalue weighted by Crippen LogP contribution is 2.02. The van der Waals surface area contributed by atoms with E-state index < -0.39 is 0 Å². The van der Waals surface area contributed by atoms with E-state index in [1.54, 1.807) is 14.0 Å². The number of nitrogens with zero attached hydrogens (tertiary/aromatic N) is 1. The molecule has 0 aromatic rings. The molecule has 1 N–H and O–H groups in total. The Bertz CT molecular complexity index is 153. The van der Waals surface area contributed by atoms with Crippen LogP contribution in [0.4, 0.5) is 0 Å². The first-order valence-electron chi connectivity index (χ1n) is 2.35. The lowest BCUT2D eigenvalue weighted by molar-refractivity contribution is -0.102. The molecule has 0 radical (unpaired) electrons. The van der Waals surface area contributed by atoms with Crippen molar-refractivity contribution in [3.8, 4) is 0 Å². The standard InChI is InChI=1S/C5H8N2OS/c1-4(7-2)9-5(6)3-8/h3,6H,1-2H3. The van der Waals surface area contributed by atoms with Crippen molar-refractivity contribution >= 4 is 28.1 Å². The normalized spacial score (nSPS) is 11.1. The molecule has 0 saturated heterocycles. The Balaban J connectivity index is 3.74. The summed E-state index contributed by atoms with van der Waals surface area (Å²) in [7, 11) is 1.63. The smallest absolute Gasteiger partial charge is 0.174 e. The van der Waals surface area contributed by atoms with E-state index in [0.29, 0.717) is 6.29 Å². The van der Waals surface area contributed by atoms with Gasteiger partial charge in [-0.15, -0.1) is 0 Å². The number of rotatable bonds is 1. The lowest BCUT2D eigenvalue weighted by Crippen LogP contribution is -1.94. The first kappa shape index (κ1) is 8.36. The number of aliphatic imine (C=N–C) groups is 1. The van der Waals surface area contributed by atoms with Gasteiger partial charge >= 0.3 is 0 Å². The van der Waals surface area contributed by atoms with E-state index in [1.807, 2.05) is 0 Å². The fourth-order valence-corrected chi connectivity index (χ4v) is 0.686. The Labute approximate surface area is 58.1 Å². The maximum Gasteiger partial charge on any atom is 0.174 e. The zero-order valence-corrected chi connectivity index (χ0v) is 6.16. The predicted molar refractivity (Wildman–Crippen MR) is 40.4 cm³/mol. The molecule has 0 aliphatic carbocycles. The number of hydrogen-bond acceptors (Lipinski definition) is 4. The van der Waals surface area contributed by atoms with Crippen molar-refractivity contribution in [2.45, 2.75) is 6.92 Å². The van der Waals surface area contributed by atoms with Gasteiger partial charge in [-0.3, -0.25) is 15.2 Å². The van der Waals surface area contributed by atoms with Gasteiger partial charge in [0.15, 0.2) is 6.29 Å². The largest absolute Gasteiger partial charge is 0.296 e. The summed E-state index contributed by atoms with van der Waals surface area (Å²) in [6, 6.07) is 0. The van der Waals surface area contributed by atoms with Crippen LogP contribution in [-0.4, -0.2) is 23.4 Å². The average Bonchev–Trinajstić information content (AvgIpc) is 1.87. The molecule has 0 unspecified atom stereocenters. The van der Waals surface area contributed by atoms with Crippen LogP contribution < -0.4 is 0 Å². The van der Waals surface area contributed by atoms with Gasteiger partial charge in [-0.05, 0) is 6.92 Å². The molecule has 0 aliphatic rings. The minimum Gasteiger partial charge on any atom is -0.296 e. The molecule has 50 valence electrons. The molecule has 0 saturated carbocycles. The van der Waals surface area contributed by atoms with Gasteiger partial charge in [0.25, 0.3) is 0 Å². The third-order valence-electron chi connectivity index (χ3n) is 0.680. The van der Waals surface area contributed by atoms with E-state index in [4.69, 9.17) is 5.41 Å². The fourth-order valence-electron chi connectivity index (χ4n) is 0.229. The third-order valence-corrected chi connectivity index (χ3v) is 1.47. The van der Waals surface area contributed by atoms with Crippen LogP contribution in [0.1, 0.15) is 6.92 Å². The molecule has 9 heavy (non-hydrogen) atoms. The summed E-state index contributed by atoms with van der Waals surface area (Å²) in [5, 5.41) is 7.61. The molecule has 0 fully saturated rings. The number of carbonyl (C=O) groups excluding carboxylic acids is 1. The third kappa shape index (κ3) is 3.90. The lowest BCUT2D eigenvalue weighted by Gasteiger charge is -1.91. The molecule has 0 aliphatic heterocycles. The summed E-state index contributed by atoms with van der Waals surface area (Å²) >= 11 is 1.06. The van der Waals surface area contributed by atoms with Crippen molar-refractivity contribution in [1.82, 2.24) is 0 Å². The van der Waals surface area contributed by atoms with Crippen LogP contribution in [0, 0.1) is 5.41 Å². The van der Waals surface area contributed by atoms with Crippen molar-refractivity contribution in [2.24, 2.45) is 4.99 Å². The van der Waals surface area contributed by atoms with Crippen LogP contribution in [0.5, 0.6) is 0 Å². The topological polar surface area (TPSA) is 53.3 Å². The molecular formula is C5H8N2OS. The van der Waals surface area contributed by atoms with Crippen LogP contribution >= 0.6 is 11.8 Å². The van der Waals surface area contributed by atoms with Crippen molar-refractivity contribution < 1.29 is 4.79 Å². The van der Waals surface area contributed by atoms with E-state index in [0.717, 1.165) is 16.8 Å². The number of aldehydes is 1. The predicted octanol–water partition coefficient (Wildman–Crippen LogP) is 0.944. The number of thioether (sulfide) groups is 1. The first-order chi connectivity index (χ1) is 4.20. The van der Waals surface area contributed by atoms with Gasteiger partial charge in [-0.2, -0.15) is 0 Å². The molecule has 0 rings (SSSR count). The average molecular weight is 144 g/mol. The van der Waals surface area contributed by atoms with E-state index in [9.17, 15) is 4.79 Å². The van der Waals surface area contributed by atoms with Gasteiger partial charge in [0, 0.05) is 7.05 Å². The van der Waals surface area contributed by atoms with Crippen LogP contribution in [0.2, 0.25) is 0 Å². The summed E-state index contributed by atoms with van der Waals surface area (Å²) in [4.78, 5) is 13.6. The fraction of sp³-hybridized carbons (Fsp3) is 0.400. The lowest BCUT2D eigenvalue weighted by atomic mass is 10.8. The Morgan fingerprint density at radius 2 is 2.33 bits per heavy atom. The summed E-state index contributed by atoms with van der Waals surface area (Å²) in [6.07, 6.45) is 0.499. The van der Waals surface area contributed by atoms with E-state index in [-0.39, 0.29) is 5.04 Å². The number of nitrogens with one attached hydrogen (secondary N) is 1. The van der Waals surface area contributed by atoms with Crippen molar-refractivity contribution in [3.63, 3.8) is 0 Å². The Morgan fingerprint density at radius 3 is 2.67 bits per heavy atom. The molecule has 0 aromatic carbocycles. The molecular weight excluding hydrogens is 136 g/mol. The maximum absolute atomic E-state index is 9.86. The maximum atomic E-state index is 9.86. The molecule has 4 heteroatoms. The molecule has 0 bridgehead atoms. The quantitative estimate of drug-likeness (QED) is 0.338. The second-order valence-corrected chi connectivity index (χ2v) is 2.56. The number of hydrogen-bond donors (Lipinski definition) is 1. The second kappa shape index (κ2) is 4.26. The second-order valence-electron chi connectivity index (χ2n) is 1.33. The minimum atomic E-state index is -0.00176. The summed E-state index contributed by atoms with van der Waals surface area (Å²) in [6.45, 7) is 1.75. The van der Waals surface area contributed by atoms with Crippen molar-refractivity contribution in [3.05, 3.63) is 0 Å². The van der Waals surface area contributed by atoms with Gasteiger partial charge < -0.3 is 0 Å². The highest BCUT2D eigenvalue weighted by atomic mass is 32.2. The van der Waals surface area contributed by atoms with Gasteiger partial charge in [-0.1, -0.05) is 11.8 Å². The molecule has 0 heterocycles. The zero-order chi connectivity index (χ0) is 7.28. The highest BCUT2D eigenvalue weighted by molar-refractivity contribution is 8.27. The number of carbonyl (C=O) groups is 1. The van der Waals surface area contributed by atoms with Crippen molar-refractivity contribution in [1.29, 1.82) is 5.41 Å². The van der Waals surface area contributed by atoms with Crippen molar-refractivity contribution in [2.75, 3.05) is 7.05 Å². The molecule has 0 aromatic heterocycles. The monoisotopic (exact) mass is 144 g/mol. The molecule has 0 amide bonds. The van der Waals surface area contributed by atoms with Gasteiger partial charge in [0.05, 0.1) is 5.04 Å². The minimum absolute atomic E-state index is 0.00176. The Morgan fingerprint density at radius 1 is 1.78 bits per heavy atom. The summed E-state index contributed by atoms with van der Waals surface area (Å²) in [5.41, 5.74) is 0. The van der Waals surface area contributed by atoms with Gasteiger partial charge in [0.2, 0.25) is 0 Å².